The topological polar surface area (TPSA) is 82.8 Å². The van der Waals surface area contributed by atoms with Gasteiger partial charge in [0.25, 0.3) is 0 Å². The highest BCUT2D eigenvalue weighted by atomic mass is 127. The van der Waals surface area contributed by atoms with E-state index in [2.05, 4.69) is 25.9 Å². The van der Waals surface area contributed by atoms with Gasteiger partial charge in [0.2, 0.25) is 5.91 Å². The number of halogens is 1. The van der Waals surface area contributed by atoms with E-state index in [0.29, 0.717) is 19.6 Å². The third kappa shape index (κ3) is 5.33. The molecule has 3 N–H and O–H groups in total. The second-order valence-corrected chi connectivity index (χ2v) is 6.39. The van der Waals surface area contributed by atoms with Crippen LogP contribution in [0.3, 0.4) is 0 Å². The Hall–Kier alpha value is -1.36. The van der Waals surface area contributed by atoms with Crippen LogP contribution in [0.15, 0.2) is 22.8 Å². The highest BCUT2D eigenvalue weighted by molar-refractivity contribution is 14.0. The van der Waals surface area contributed by atoms with Crippen molar-refractivity contribution in [3.05, 3.63) is 23.5 Å². The van der Waals surface area contributed by atoms with Crippen LogP contribution in [0.5, 0.6) is 0 Å². The minimum absolute atomic E-state index is 0. The third-order valence-corrected chi connectivity index (χ3v) is 4.32. The quantitative estimate of drug-likeness (QED) is 0.253. The Bertz CT molecular complexity index is 665. The molecule has 0 aliphatic heterocycles. The summed E-state index contributed by atoms with van der Waals surface area (Å²) in [5.41, 5.74) is 0.941. The van der Waals surface area contributed by atoms with Crippen molar-refractivity contribution in [1.29, 1.82) is 0 Å². The standard InChI is InChI=1S/C15H22N6OS.HI/c1-2-16-14(18-6-5-17-13(22)11-3-4-11)19-9-12-10-21-7-8-23-15(21)20-12;/h7-8,10-11H,2-6,9H2,1H3,(H,17,22)(H2,16,18,19);1H. The van der Waals surface area contributed by atoms with Gasteiger partial charge in [-0.15, -0.1) is 35.3 Å². The summed E-state index contributed by atoms with van der Waals surface area (Å²) in [6, 6.07) is 0. The first kappa shape index (κ1) is 19.0. The molecule has 0 spiro atoms. The molecule has 9 heteroatoms. The van der Waals surface area contributed by atoms with E-state index in [0.717, 1.165) is 36.0 Å². The molecule has 0 bridgehead atoms. The van der Waals surface area contributed by atoms with E-state index in [1.165, 1.54) is 0 Å². The molecule has 0 saturated heterocycles. The normalized spacial score (nSPS) is 14.3. The number of hydrogen-bond acceptors (Lipinski definition) is 4. The smallest absolute Gasteiger partial charge is 0.223 e. The SMILES string of the molecule is CCNC(=NCc1cn2ccsc2n1)NCCNC(=O)C1CC1.I. The van der Waals surface area contributed by atoms with Crippen molar-refractivity contribution in [3.63, 3.8) is 0 Å². The Labute approximate surface area is 162 Å². The van der Waals surface area contributed by atoms with Crippen LogP contribution in [-0.2, 0) is 11.3 Å². The van der Waals surface area contributed by atoms with E-state index < -0.39 is 0 Å². The van der Waals surface area contributed by atoms with Crippen molar-refractivity contribution in [2.45, 2.75) is 26.3 Å². The fourth-order valence-corrected chi connectivity index (χ4v) is 2.93. The first-order valence-electron chi connectivity index (χ1n) is 7.97. The van der Waals surface area contributed by atoms with E-state index in [9.17, 15) is 4.79 Å². The zero-order chi connectivity index (χ0) is 16.1. The first-order valence-corrected chi connectivity index (χ1v) is 8.85. The van der Waals surface area contributed by atoms with Gasteiger partial charge in [0.1, 0.15) is 0 Å². The molecule has 2 aromatic rings. The van der Waals surface area contributed by atoms with E-state index in [1.807, 2.05) is 29.1 Å². The van der Waals surface area contributed by atoms with Gasteiger partial charge >= 0.3 is 0 Å². The van der Waals surface area contributed by atoms with E-state index >= 15 is 0 Å². The lowest BCUT2D eigenvalue weighted by Crippen LogP contribution is -2.41. The Kier molecular flexibility index (Phi) is 7.28. The number of carbonyl (C=O) groups is 1. The fourth-order valence-electron chi connectivity index (χ4n) is 2.21. The first-order chi connectivity index (χ1) is 11.3. The average Bonchev–Trinajstić information content (AvgIpc) is 3.18. The molecule has 1 fully saturated rings. The summed E-state index contributed by atoms with van der Waals surface area (Å²) in [7, 11) is 0. The van der Waals surface area contributed by atoms with Gasteiger partial charge in [0.15, 0.2) is 10.9 Å². The van der Waals surface area contributed by atoms with Gasteiger partial charge in [0, 0.05) is 43.3 Å². The Morgan fingerprint density at radius 2 is 2.17 bits per heavy atom. The lowest BCUT2D eigenvalue weighted by molar-refractivity contribution is -0.122. The lowest BCUT2D eigenvalue weighted by Gasteiger charge is -2.11. The number of hydrogen-bond donors (Lipinski definition) is 3. The fraction of sp³-hybridized carbons (Fsp3) is 0.533. The summed E-state index contributed by atoms with van der Waals surface area (Å²) in [5.74, 6) is 1.17. The molecule has 3 rings (SSSR count). The second kappa shape index (κ2) is 9.21. The molecular formula is C15H23IN6OS. The molecule has 1 saturated carbocycles. The Morgan fingerprint density at radius 3 is 2.88 bits per heavy atom. The summed E-state index contributed by atoms with van der Waals surface area (Å²) in [4.78, 5) is 21.6. The van der Waals surface area contributed by atoms with Crippen molar-refractivity contribution in [2.24, 2.45) is 10.9 Å². The van der Waals surface area contributed by atoms with Gasteiger partial charge in [-0.25, -0.2) is 9.98 Å². The number of aliphatic imine (C=N–C) groups is 1. The van der Waals surface area contributed by atoms with Gasteiger partial charge < -0.3 is 16.0 Å². The molecule has 24 heavy (non-hydrogen) atoms. The molecule has 7 nitrogen and oxygen atoms in total. The molecule has 0 radical (unpaired) electrons. The molecule has 1 aliphatic rings. The van der Waals surface area contributed by atoms with Crippen LogP contribution in [0.4, 0.5) is 0 Å². The molecule has 132 valence electrons. The van der Waals surface area contributed by atoms with Crippen LogP contribution >= 0.6 is 35.3 Å². The zero-order valence-electron chi connectivity index (χ0n) is 13.6. The van der Waals surface area contributed by atoms with Crippen LogP contribution in [0.2, 0.25) is 0 Å². The van der Waals surface area contributed by atoms with Crippen molar-refractivity contribution < 1.29 is 4.79 Å². The average molecular weight is 462 g/mol. The van der Waals surface area contributed by atoms with Gasteiger partial charge in [0.05, 0.1) is 12.2 Å². The predicted octanol–water partition coefficient (Wildman–Crippen LogP) is 1.60. The van der Waals surface area contributed by atoms with Crippen LogP contribution in [0, 0.1) is 5.92 Å². The number of thiazole rings is 1. The van der Waals surface area contributed by atoms with Crippen LogP contribution in [0.25, 0.3) is 4.96 Å². The minimum Gasteiger partial charge on any atom is -0.357 e. The van der Waals surface area contributed by atoms with Crippen LogP contribution < -0.4 is 16.0 Å². The molecule has 1 aliphatic carbocycles. The Morgan fingerprint density at radius 1 is 1.38 bits per heavy atom. The number of nitrogens with one attached hydrogen (secondary N) is 3. The summed E-state index contributed by atoms with van der Waals surface area (Å²) < 4.78 is 2.00. The summed E-state index contributed by atoms with van der Waals surface area (Å²) >= 11 is 1.61. The highest BCUT2D eigenvalue weighted by Gasteiger charge is 2.28. The van der Waals surface area contributed by atoms with Crippen molar-refractivity contribution >= 4 is 52.1 Å². The summed E-state index contributed by atoms with van der Waals surface area (Å²) in [6.07, 6.45) is 6.05. The van der Waals surface area contributed by atoms with Gasteiger partial charge in [-0.05, 0) is 19.8 Å². The number of amides is 1. The van der Waals surface area contributed by atoms with E-state index in [1.54, 1.807) is 11.3 Å². The number of aromatic nitrogens is 2. The predicted molar refractivity (Wildman–Crippen MR) is 107 cm³/mol. The largest absolute Gasteiger partial charge is 0.357 e. The minimum atomic E-state index is 0. The maximum Gasteiger partial charge on any atom is 0.223 e. The van der Waals surface area contributed by atoms with Crippen molar-refractivity contribution in [2.75, 3.05) is 19.6 Å². The maximum atomic E-state index is 11.6. The number of guanidine groups is 1. The van der Waals surface area contributed by atoms with Gasteiger partial charge in [-0.2, -0.15) is 0 Å². The van der Waals surface area contributed by atoms with Crippen LogP contribution in [-0.4, -0.2) is 40.9 Å². The molecule has 0 aromatic carbocycles. The lowest BCUT2D eigenvalue weighted by atomic mass is 10.4. The Balaban J connectivity index is 0.00000208. The molecule has 2 heterocycles. The summed E-state index contributed by atoms with van der Waals surface area (Å²) in [5, 5.41) is 11.4. The number of carbonyl (C=O) groups excluding carboxylic acids is 1. The number of fused-ring (bicyclic) bond motifs is 1. The number of nitrogens with zero attached hydrogens (tertiary/aromatic N) is 3. The maximum absolute atomic E-state index is 11.6. The van der Waals surface area contributed by atoms with Crippen molar-refractivity contribution in [3.8, 4) is 0 Å². The number of rotatable bonds is 7. The number of imidazole rings is 1. The second-order valence-electron chi connectivity index (χ2n) is 5.51. The third-order valence-electron chi connectivity index (χ3n) is 3.55. The van der Waals surface area contributed by atoms with E-state index in [-0.39, 0.29) is 35.8 Å². The molecule has 0 unspecified atom stereocenters. The highest BCUT2D eigenvalue weighted by Crippen LogP contribution is 2.28. The van der Waals surface area contributed by atoms with E-state index in [4.69, 9.17) is 0 Å². The zero-order valence-corrected chi connectivity index (χ0v) is 16.8. The van der Waals surface area contributed by atoms with Crippen LogP contribution in [0.1, 0.15) is 25.5 Å². The monoisotopic (exact) mass is 462 g/mol. The molecule has 2 aromatic heterocycles. The van der Waals surface area contributed by atoms with Crippen molar-refractivity contribution in [1.82, 2.24) is 25.3 Å². The molecule has 1 amide bonds. The molecular weight excluding hydrogens is 439 g/mol. The summed E-state index contributed by atoms with van der Waals surface area (Å²) in [6.45, 7) is 4.61. The van der Waals surface area contributed by atoms with Gasteiger partial charge in [-0.3, -0.25) is 9.20 Å². The molecule has 0 atom stereocenters. The van der Waals surface area contributed by atoms with Gasteiger partial charge in [-0.1, -0.05) is 0 Å².